The van der Waals surface area contributed by atoms with E-state index in [2.05, 4.69) is 5.10 Å². The maximum absolute atomic E-state index is 12.2. The standard InChI is InChI=1S/C19H18N2O3S/c1-25(23)14-16-4-2-5-17(12-16)19(22)24-13-15-6-8-18(9-7-15)21-11-3-10-20-21/h2-12H,13-14H2,1H3. The highest BCUT2D eigenvalue weighted by molar-refractivity contribution is 7.83. The van der Waals surface area contributed by atoms with Gasteiger partial charge in [-0.2, -0.15) is 5.10 Å². The molecule has 25 heavy (non-hydrogen) atoms. The second kappa shape index (κ2) is 7.90. The Hall–Kier alpha value is -2.73. The highest BCUT2D eigenvalue weighted by atomic mass is 32.2. The summed E-state index contributed by atoms with van der Waals surface area (Å²) in [4.78, 5) is 12.2. The molecule has 1 heterocycles. The average Bonchev–Trinajstić information content (AvgIpc) is 3.14. The Morgan fingerprint density at radius 2 is 1.92 bits per heavy atom. The third-order valence-electron chi connectivity index (χ3n) is 3.61. The number of rotatable bonds is 6. The van der Waals surface area contributed by atoms with Gasteiger partial charge >= 0.3 is 5.97 Å². The van der Waals surface area contributed by atoms with Gasteiger partial charge in [0.15, 0.2) is 0 Å². The van der Waals surface area contributed by atoms with Crippen molar-refractivity contribution in [3.8, 4) is 5.69 Å². The lowest BCUT2D eigenvalue weighted by Gasteiger charge is -2.07. The maximum atomic E-state index is 12.2. The maximum Gasteiger partial charge on any atom is 0.338 e. The van der Waals surface area contributed by atoms with Crippen LogP contribution < -0.4 is 0 Å². The highest BCUT2D eigenvalue weighted by Gasteiger charge is 2.09. The van der Waals surface area contributed by atoms with Crippen molar-refractivity contribution in [1.82, 2.24) is 9.78 Å². The van der Waals surface area contributed by atoms with Gasteiger partial charge in [-0.25, -0.2) is 9.48 Å². The number of esters is 1. The predicted octanol–water partition coefficient (Wildman–Crippen LogP) is 3.11. The molecule has 0 saturated carbocycles. The first kappa shape index (κ1) is 17.1. The molecular formula is C19H18N2O3S. The molecule has 0 bridgehead atoms. The van der Waals surface area contributed by atoms with E-state index in [0.29, 0.717) is 11.3 Å². The molecular weight excluding hydrogens is 336 g/mol. The van der Waals surface area contributed by atoms with Crippen molar-refractivity contribution in [2.75, 3.05) is 6.26 Å². The minimum atomic E-state index is -0.946. The van der Waals surface area contributed by atoms with Crippen molar-refractivity contribution in [1.29, 1.82) is 0 Å². The summed E-state index contributed by atoms with van der Waals surface area (Å²) in [6.07, 6.45) is 5.22. The number of ether oxygens (including phenoxy) is 1. The molecule has 1 unspecified atom stereocenters. The Labute approximate surface area is 148 Å². The zero-order valence-electron chi connectivity index (χ0n) is 13.8. The van der Waals surface area contributed by atoms with E-state index in [0.717, 1.165) is 16.8 Å². The van der Waals surface area contributed by atoms with Crippen molar-refractivity contribution in [3.63, 3.8) is 0 Å². The fourth-order valence-corrected chi connectivity index (χ4v) is 3.07. The number of hydrogen-bond acceptors (Lipinski definition) is 4. The van der Waals surface area contributed by atoms with Crippen LogP contribution in [0.25, 0.3) is 5.69 Å². The molecule has 6 heteroatoms. The van der Waals surface area contributed by atoms with Gasteiger partial charge in [0.2, 0.25) is 0 Å². The Morgan fingerprint density at radius 1 is 1.12 bits per heavy atom. The van der Waals surface area contributed by atoms with Crippen LogP contribution in [0, 0.1) is 0 Å². The van der Waals surface area contributed by atoms with Crippen molar-refractivity contribution >= 4 is 16.8 Å². The number of benzene rings is 2. The van der Waals surface area contributed by atoms with E-state index >= 15 is 0 Å². The van der Waals surface area contributed by atoms with Crippen LogP contribution in [0.1, 0.15) is 21.5 Å². The molecule has 1 aromatic heterocycles. The van der Waals surface area contributed by atoms with E-state index in [1.165, 1.54) is 0 Å². The summed E-state index contributed by atoms with van der Waals surface area (Å²) in [5.74, 6) is 0.0376. The van der Waals surface area contributed by atoms with E-state index in [-0.39, 0.29) is 12.6 Å². The zero-order valence-corrected chi connectivity index (χ0v) is 14.6. The van der Waals surface area contributed by atoms with Gasteiger partial charge in [0.25, 0.3) is 0 Å². The molecule has 0 saturated heterocycles. The van der Waals surface area contributed by atoms with Crippen molar-refractivity contribution < 1.29 is 13.7 Å². The SMILES string of the molecule is CS(=O)Cc1cccc(C(=O)OCc2ccc(-n3cccn3)cc2)c1. The van der Waals surface area contributed by atoms with Gasteiger partial charge in [0.1, 0.15) is 6.61 Å². The average molecular weight is 354 g/mol. The number of hydrogen-bond donors (Lipinski definition) is 0. The first-order valence-corrected chi connectivity index (χ1v) is 9.49. The number of aromatic nitrogens is 2. The van der Waals surface area contributed by atoms with Crippen LogP contribution in [0.5, 0.6) is 0 Å². The minimum Gasteiger partial charge on any atom is -0.457 e. The number of nitrogens with zero attached hydrogens (tertiary/aromatic N) is 2. The molecule has 0 fully saturated rings. The lowest BCUT2D eigenvalue weighted by molar-refractivity contribution is 0.0472. The van der Waals surface area contributed by atoms with Crippen LogP contribution in [0.15, 0.2) is 67.0 Å². The lowest BCUT2D eigenvalue weighted by Crippen LogP contribution is -2.06. The monoisotopic (exact) mass is 354 g/mol. The van der Waals surface area contributed by atoms with Gasteiger partial charge in [-0.05, 0) is 41.5 Å². The third-order valence-corrected chi connectivity index (χ3v) is 4.35. The molecule has 0 aliphatic rings. The first-order chi connectivity index (χ1) is 12.1. The normalized spacial score (nSPS) is 11.9. The molecule has 0 amide bonds. The molecule has 0 spiro atoms. The molecule has 2 aromatic carbocycles. The van der Waals surface area contributed by atoms with Gasteiger partial charge < -0.3 is 4.74 Å². The fourth-order valence-electron chi connectivity index (χ4n) is 2.42. The molecule has 128 valence electrons. The molecule has 3 rings (SSSR count). The van der Waals surface area contributed by atoms with Crippen LogP contribution in [-0.4, -0.2) is 26.2 Å². The quantitative estimate of drug-likeness (QED) is 0.638. The Kier molecular flexibility index (Phi) is 5.40. The second-order valence-electron chi connectivity index (χ2n) is 5.61. The van der Waals surface area contributed by atoms with Crippen LogP contribution in [0.3, 0.4) is 0 Å². The third kappa shape index (κ3) is 4.64. The lowest BCUT2D eigenvalue weighted by atomic mass is 10.1. The largest absolute Gasteiger partial charge is 0.457 e. The summed E-state index contributed by atoms with van der Waals surface area (Å²) >= 11 is 0. The summed E-state index contributed by atoms with van der Waals surface area (Å²) in [6.45, 7) is 0.197. The summed E-state index contributed by atoms with van der Waals surface area (Å²) in [5, 5.41) is 4.17. The van der Waals surface area contributed by atoms with E-state index in [4.69, 9.17) is 4.74 Å². The Balaban J connectivity index is 1.61. The van der Waals surface area contributed by atoms with Crippen molar-refractivity contribution in [3.05, 3.63) is 83.7 Å². The number of carbonyl (C=O) groups excluding carboxylic acids is 1. The fraction of sp³-hybridized carbons (Fsp3) is 0.158. The van der Waals surface area contributed by atoms with Gasteiger partial charge in [0, 0.05) is 35.2 Å². The van der Waals surface area contributed by atoms with E-state index in [1.807, 2.05) is 42.6 Å². The van der Waals surface area contributed by atoms with Crippen LogP contribution in [0.2, 0.25) is 0 Å². The minimum absolute atomic E-state index is 0.197. The summed E-state index contributed by atoms with van der Waals surface area (Å²) in [5.41, 5.74) is 3.17. The topological polar surface area (TPSA) is 61.2 Å². The molecule has 3 aromatic rings. The molecule has 0 aliphatic heterocycles. The van der Waals surface area contributed by atoms with Gasteiger partial charge in [-0.15, -0.1) is 0 Å². The highest BCUT2D eigenvalue weighted by Crippen LogP contribution is 2.12. The summed E-state index contributed by atoms with van der Waals surface area (Å²) in [7, 11) is -0.946. The summed E-state index contributed by atoms with van der Waals surface area (Å²) in [6, 6.07) is 16.6. The van der Waals surface area contributed by atoms with Gasteiger partial charge in [-0.3, -0.25) is 4.21 Å². The molecule has 5 nitrogen and oxygen atoms in total. The van der Waals surface area contributed by atoms with Crippen molar-refractivity contribution in [2.24, 2.45) is 0 Å². The first-order valence-electron chi connectivity index (χ1n) is 7.77. The predicted molar refractivity (Wildman–Crippen MR) is 96.9 cm³/mol. The van der Waals surface area contributed by atoms with E-state index in [9.17, 15) is 9.00 Å². The molecule has 1 atom stereocenters. The van der Waals surface area contributed by atoms with Crippen molar-refractivity contribution in [2.45, 2.75) is 12.4 Å². The Morgan fingerprint density at radius 3 is 2.60 bits per heavy atom. The second-order valence-corrected chi connectivity index (χ2v) is 7.05. The molecule has 0 aliphatic carbocycles. The van der Waals surface area contributed by atoms with E-state index in [1.54, 1.807) is 35.3 Å². The van der Waals surface area contributed by atoms with Crippen LogP contribution in [0.4, 0.5) is 0 Å². The van der Waals surface area contributed by atoms with Gasteiger partial charge in [0.05, 0.1) is 11.3 Å². The molecule has 0 radical (unpaired) electrons. The molecule has 0 N–H and O–H groups in total. The van der Waals surface area contributed by atoms with E-state index < -0.39 is 10.8 Å². The van der Waals surface area contributed by atoms with Crippen LogP contribution in [-0.2, 0) is 27.9 Å². The number of carbonyl (C=O) groups is 1. The summed E-state index contributed by atoms with van der Waals surface area (Å²) < 4.78 is 18.4. The van der Waals surface area contributed by atoms with Crippen LogP contribution >= 0.6 is 0 Å². The van der Waals surface area contributed by atoms with Gasteiger partial charge in [-0.1, -0.05) is 24.3 Å². The Bertz CT molecular complexity index is 874. The smallest absolute Gasteiger partial charge is 0.338 e. The zero-order chi connectivity index (χ0) is 17.6.